The number of Topliss-reactive ketones (excluding diaryl/α,β-unsaturated/α-hetero) is 2. The van der Waals surface area contributed by atoms with Gasteiger partial charge in [0.2, 0.25) is 11.4 Å². The maximum absolute atomic E-state index is 13.9. The quantitative estimate of drug-likeness (QED) is 0.253. The summed E-state index contributed by atoms with van der Waals surface area (Å²) in [5.41, 5.74) is -9.52. The van der Waals surface area contributed by atoms with Gasteiger partial charge < -0.3 is 49.6 Å². The van der Waals surface area contributed by atoms with Crippen molar-refractivity contribution >= 4 is 29.3 Å². The van der Waals surface area contributed by atoms with Gasteiger partial charge in [-0.2, -0.15) is 0 Å². The number of carbonyl (C=O) groups is 4. The Hall–Kier alpha value is -4.66. The molecule has 236 valence electrons. The molecule has 6 N–H and O–H groups in total. The molecular weight excluding hydrogens is 596 g/mol. The van der Waals surface area contributed by atoms with Gasteiger partial charge in [-0.15, -0.1) is 0 Å². The summed E-state index contributed by atoms with van der Waals surface area (Å²) in [5.74, 6) is -8.48. The first kappa shape index (κ1) is 29.1. The molecule has 0 spiro atoms. The summed E-state index contributed by atoms with van der Waals surface area (Å²) in [4.78, 5) is 53.0. The van der Waals surface area contributed by atoms with E-state index < -0.39 is 104 Å². The Bertz CT molecular complexity index is 1790. The number of esters is 2. The lowest BCUT2D eigenvalue weighted by atomic mass is 9.62. The van der Waals surface area contributed by atoms with Crippen LogP contribution in [0.2, 0.25) is 0 Å². The van der Waals surface area contributed by atoms with E-state index in [1.807, 2.05) is 0 Å². The van der Waals surface area contributed by atoms with Crippen molar-refractivity contribution in [3.63, 3.8) is 0 Å². The fourth-order valence-corrected chi connectivity index (χ4v) is 7.58. The Balaban J connectivity index is 1.39. The Morgan fingerprint density at radius 1 is 0.889 bits per heavy atom. The van der Waals surface area contributed by atoms with Crippen LogP contribution in [0, 0.1) is 11.8 Å². The molecule has 3 aliphatic heterocycles. The number of benzene rings is 2. The predicted octanol–water partition coefficient (Wildman–Crippen LogP) is 0.679. The van der Waals surface area contributed by atoms with E-state index in [2.05, 4.69) is 0 Å². The number of aliphatic hydroxyl groups excluding tert-OH is 3. The van der Waals surface area contributed by atoms with Crippen molar-refractivity contribution in [2.45, 2.75) is 61.8 Å². The average Bonchev–Trinajstić information content (AvgIpc) is 3.15. The summed E-state index contributed by atoms with van der Waals surface area (Å²) in [5, 5.41) is 67.8. The van der Waals surface area contributed by atoms with Crippen LogP contribution in [0.1, 0.15) is 42.6 Å². The minimum atomic E-state index is -2.68. The molecule has 0 aromatic heterocycles. The van der Waals surface area contributed by atoms with Crippen LogP contribution >= 0.6 is 0 Å². The molecule has 7 rings (SSSR count). The normalized spacial score (nSPS) is 36.1. The second-order valence-corrected chi connectivity index (χ2v) is 12.3. The number of phenols is 2. The van der Waals surface area contributed by atoms with Crippen LogP contribution in [0.4, 0.5) is 0 Å². The van der Waals surface area contributed by atoms with Crippen molar-refractivity contribution in [2.75, 3.05) is 7.11 Å². The summed E-state index contributed by atoms with van der Waals surface area (Å²) in [6, 6.07) is 4.86. The fraction of sp³-hybridized carbons (Fsp3) is 0.419. The van der Waals surface area contributed by atoms with Crippen LogP contribution in [-0.4, -0.2) is 96.4 Å². The van der Waals surface area contributed by atoms with Gasteiger partial charge in [-0.25, -0.2) is 9.59 Å². The molecule has 2 aliphatic carbocycles. The smallest absolute Gasteiger partial charge is 0.358 e. The lowest BCUT2D eigenvalue weighted by molar-refractivity contribution is -0.192. The van der Waals surface area contributed by atoms with Crippen molar-refractivity contribution in [3.8, 4) is 34.1 Å². The summed E-state index contributed by atoms with van der Waals surface area (Å²) in [6.45, 7) is 3.13. The van der Waals surface area contributed by atoms with E-state index >= 15 is 0 Å². The third kappa shape index (κ3) is 3.13. The number of hydrogen-bond acceptors (Lipinski definition) is 14. The molecule has 1 saturated heterocycles. The highest BCUT2D eigenvalue weighted by molar-refractivity contribution is 6.16. The number of methoxy groups -OCH3 is 1. The highest BCUT2D eigenvalue weighted by atomic mass is 16.6. The minimum absolute atomic E-state index is 0.0607. The molecule has 45 heavy (non-hydrogen) atoms. The van der Waals surface area contributed by atoms with Crippen LogP contribution in [0.3, 0.4) is 0 Å². The number of ketones is 2. The number of rotatable bonds is 2. The van der Waals surface area contributed by atoms with E-state index in [1.165, 1.54) is 31.2 Å². The topological polar surface area (TPSA) is 227 Å². The third-order valence-electron chi connectivity index (χ3n) is 9.89. The van der Waals surface area contributed by atoms with Gasteiger partial charge >= 0.3 is 11.9 Å². The maximum Gasteiger partial charge on any atom is 0.358 e. The first-order valence-electron chi connectivity index (χ1n) is 14.2. The molecule has 8 atom stereocenters. The Kier molecular flexibility index (Phi) is 5.79. The SMILES string of the molecule is COC(=O)[C@]12Oc3ccc(-c4ccc5c(c4O)C(=O)[C@@]4(O)[C@@H]6C[C@H](C)[C@H](O)[C@@]4(O5)C(=O)O6)c(O)c3C(O)=C1C(=O)C[C@@H](C)[C@@H]2O. The van der Waals surface area contributed by atoms with Gasteiger partial charge in [-0.3, -0.25) is 9.59 Å². The largest absolute Gasteiger partial charge is 0.506 e. The van der Waals surface area contributed by atoms with Gasteiger partial charge in [0.05, 0.1) is 12.7 Å². The number of ether oxygens (including phenoxy) is 4. The van der Waals surface area contributed by atoms with Gasteiger partial charge in [-0.05, 0) is 42.5 Å². The third-order valence-corrected chi connectivity index (χ3v) is 9.89. The van der Waals surface area contributed by atoms with Crippen molar-refractivity contribution in [1.82, 2.24) is 0 Å². The molecule has 14 heteroatoms. The summed E-state index contributed by atoms with van der Waals surface area (Å²) in [7, 11) is 1.02. The highest BCUT2D eigenvalue weighted by Crippen LogP contribution is 2.58. The van der Waals surface area contributed by atoms with Crippen molar-refractivity contribution in [1.29, 1.82) is 0 Å². The minimum Gasteiger partial charge on any atom is -0.506 e. The van der Waals surface area contributed by atoms with Crippen LogP contribution < -0.4 is 9.47 Å². The van der Waals surface area contributed by atoms with Gasteiger partial charge in [0.1, 0.15) is 58.2 Å². The zero-order valence-corrected chi connectivity index (χ0v) is 24.1. The molecule has 0 amide bonds. The molecule has 0 radical (unpaired) electrons. The molecule has 3 heterocycles. The fourth-order valence-electron chi connectivity index (χ4n) is 7.58. The number of aliphatic hydroxyl groups is 4. The Labute approximate surface area is 254 Å². The molecule has 2 aromatic carbocycles. The van der Waals surface area contributed by atoms with Gasteiger partial charge in [0, 0.05) is 17.5 Å². The van der Waals surface area contributed by atoms with Gasteiger partial charge in [0.25, 0.3) is 11.2 Å². The molecular formula is C31H28O14. The van der Waals surface area contributed by atoms with Crippen molar-refractivity contribution in [3.05, 3.63) is 41.0 Å². The van der Waals surface area contributed by atoms with E-state index in [4.69, 9.17) is 18.9 Å². The molecule has 2 bridgehead atoms. The van der Waals surface area contributed by atoms with E-state index in [0.717, 1.165) is 7.11 Å². The monoisotopic (exact) mass is 624 g/mol. The van der Waals surface area contributed by atoms with Gasteiger partial charge in [0.15, 0.2) is 5.78 Å². The molecule has 2 aromatic rings. The lowest BCUT2D eigenvalue weighted by Gasteiger charge is -2.49. The van der Waals surface area contributed by atoms with E-state index in [0.29, 0.717) is 0 Å². The second-order valence-electron chi connectivity index (χ2n) is 12.3. The van der Waals surface area contributed by atoms with Crippen LogP contribution in [0.15, 0.2) is 29.8 Å². The molecule has 0 unspecified atom stereocenters. The van der Waals surface area contributed by atoms with E-state index in [9.17, 15) is 49.8 Å². The summed E-state index contributed by atoms with van der Waals surface area (Å²) < 4.78 is 21.8. The van der Waals surface area contributed by atoms with Crippen molar-refractivity contribution < 1.29 is 68.8 Å². The van der Waals surface area contributed by atoms with Crippen LogP contribution in [-0.2, 0) is 23.9 Å². The zero-order valence-electron chi connectivity index (χ0n) is 24.1. The highest BCUT2D eigenvalue weighted by Gasteiger charge is 2.81. The Morgan fingerprint density at radius 2 is 1.49 bits per heavy atom. The lowest BCUT2D eigenvalue weighted by Crippen LogP contribution is -2.76. The van der Waals surface area contributed by atoms with E-state index in [-0.39, 0.29) is 35.5 Å². The average molecular weight is 625 g/mol. The Morgan fingerprint density at radius 3 is 2.11 bits per heavy atom. The first-order chi connectivity index (χ1) is 21.2. The second kappa shape index (κ2) is 8.96. The van der Waals surface area contributed by atoms with E-state index in [1.54, 1.807) is 6.92 Å². The zero-order chi connectivity index (χ0) is 32.5. The van der Waals surface area contributed by atoms with Crippen LogP contribution in [0.5, 0.6) is 23.0 Å². The number of fused-ring (bicyclic) bond motifs is 3. The number of hydrogen-bond donors (Lipinski definition) is 6. The standard InChI is InChI=1S/C31H28O14/c1-10-8-14(32)20-23(35)18-15(44-29(20,24(10)36)27(39)42-3)6-4-12(21(18)33)13-5-7-16-19(22(13)34)26(38)30(41)17-9-11(2)25(37)31(30,45-16)28(40)43-17/h4-7,10-11,17,24-25,33-37,41H,8-9H2,1-3H3/t10-,11+,17+,24+,25+,29+,30+,31-/m1/s1. The molecule has 5 aliphatic rings. The van der Waals surface area contributed by atoms with Crippen molar-refractivity contribution in [2.24, 2.45) is 11.8 Å². The summed E-state index contributed by atoms with van der Waals surface area (Å²) >= 11 is 0. The molecule has 2 saturated carbocycles. The predicted molar refractivity (Wildman–Crippen MR) is 147 cm³/mol. The first-order valence-corrected chi connectivity index (χ1v) is 14.2. The molecule has 14 nitrogen and oxygen atoms in total. The summed E-state index contributed by atoms with van der Waals surface area (Å²) in [6.07, 6.45) is -4.90. The number of phenolic OH excluding ortho intramolecular Hbond substituents is 2. The molecule has 3 fully saturated rings. The van der Waals surface area contributed by atoms with Gasteiger partial charge in [-0.1, -0.05) is 13.8 Å². The number of carbonyl (C=O) groups excluding carboxylic acids is 4. The maximum atomic E-state index is 13.9. The number of aromatic hydroxyl groups is 2. The van der Waals surface area contributed by atoms with Crippen LogP contribution in [0.25, 0.3) is 16.9 Å².